The van der Waals surface area contributed by atoms with Gasteiger partial charge in [0.05, 0.1) is 0 Å². The lowest BCUT2D eigenvalue weighted by molar-refractivity contribution is -0.135. The second-order valence-electron chi connectivity index (χ2n) is 4.50. The number of Topliss-reactive ketones (excluding diaryl/α,β-unsaturated/α-hetero) is 1. The molecular formula is C11H22O2. The van der Waals surface area contributed by atoms with Gasteiger partial charge in [-0.1, -0.05) is 34.1 Å². The maximum Gasteiger partial charge on any atom is 0.138 e. The van der Waals surface area contributed by atoms with E-state index < -0.39 is 0 Å². The molecule has 2 heteroatoms. The topological polar surface area (TPSA) is 37.3 Å². The van der Waals surface area contributed by atoms with Crippen LogP contribution in [0.5, 0.6) is 0 Å². The van der Waals surface area contributed by atoms with Crippen molar-refractivity contribution in [2.24, 2.45) is 11.3 Å². The van der Waals surface area contributed by atoms with Gasteiger partial charge in [0.2, 0.25) is 0 Å². The molecule has 78 valence electrons. The van der Waals surface area contributed by atoms with Crippen molar-refractivity contribution in [3.05, 3.63) is 0 Å². The summed E-state index contributed by atoms with van der Waals surface area (Å²) in [5.41, 5.74) is 0.0417. The quantitative estimate of drug-likeness (QED) is 0.719. The van der Waals surface area contributed by atoms with E-state index in [2.05, 4.69) is 6.92 Å². The molecule has 0 bridgehead atoms. The average Bonchev–Trinajstić information content (AvgIpc) is 2.15. The Balaban J connectivity index is 0.000000226. The minimum Gasteiger partial charge on any atom is -0.396 e. The van der Waals surface area contributed by atoms with Crippen LogP contribution in [0.25, 0.3) is 0 Å². The Morgan fingerprint density at radius 3 is 2.00 bits per heavy atom. The molecule has 2 nitrogen and oxygen atoms in total. The number of hydrogen-bond donors (Lipinski definition) is 1. The van der Waals surface area contributed by atoms with Gasteiger partial charge >= 0.3 is 0 Å². The first kappa shape index (κ1) is 12.6. The fraction of sp³-hybridized carbons (Fsp3) is 0.909. The Bertz CT molecular complexity index is 157. The zero-order chi connectivity index (χ0) is 10.5. The van der Waals surface area contributed by atoms with E-state index in [1.807, 2.05) is 20.8 Å². The highest BCUT2D eigenvalue weighted by Gasteiger charge is 2.35. The molecule has 1 rings (SSSR count). The van der Waals surface area contributed by atoms with Crippen LogP contribution in [0.3, 0.4) is 0 Å². The maximum atomic E-state index is 10.6. The first-order chi connectivity index (χ1) is 5.94. The van der Waals surface area contributed by atoms with Gasteiger partial charge < -0.3 is 5.11 Å². The van der Waals surface area contributed by atoms with Crippen LogP contribution in [0.15, 0.2) is 0 Å². The molecule has 0 aromatic rings. The molecule has 1 fully saturated rings. The zero-order valence-electron chi connectivity index (χ0n) is 9.26. The molecule has 1 saturated carbocycles. The fourth-order valence-electron chi connectivity index (χ4n) is 0.856. The second-order valence-corrected chi connectivity index (χ2v) is 4.50. The third-order valence-electron chi connectivity index (χ3n) is 2.74. The summed E-state index contributed by atoms with van der Waals surface area (Å²) in [4.78, 5) is 10.6. The summed E-state index contributed by atoms with van der Waals surface area (Å²) in [7, 11) is 0. The van der Waals surface area contributed by atoms with Crippen molar-refractivity contribution in [3.63, 3.8) is 0 Å². The van der Waals surface area contributed by atoms with E-state index in [1.165, 1.54) is 0 Å². The molecule has 0 saturated heterocycles. The fourth-order valence-corrected chi connectivity index (χ4v) is 0.856. The first-order valence-electron chi connectivity index (χ1n) is 5.08. The van der Waals surface area contributed by atoms with Crippen molar-refractivity contribution in [3.8, 4) is 0 Å². The van der Waals surface area contributed by atoms with Crippen LogP contribution in [0.2, 0.25) is 0 Å². The zero-order valence-corrected chi connectivity index (χ0v) is 9.26. The molecule has 0 aromatic carbocycles. The lowest BCUT2D eigenvalue weighted by atomic mass is 9.71. The third-order valence-corrected chi connectivity index (χ3v) is 2.74. The van der Waals surface area contributed by atoms with E-state index in [1.54, 1.807) is 0 Å². The van der Waals surface area contributed by atoms with Crippen LogP contribution in [0.4, 0.5) is 0 Å². The van der Waals surface area contributed by atoms with Gasteiger partial charge in [0, 0.05) is 18.4 Å². The third kappa shape index (κ3) is 4.41. The largest absolute Gasteiger partial charge is 0.396 e. The number of ketones is 1. The van der Waals surface area contributed by atoms with Gasteiger partial charge in [-0.3, -0.25) is 4.79 Å². The maximum absolute atomic E-state index is 10.6. The highest BCUT2D eigenvalue weighted by Crippen LogP contribution is 2.35. The Hall–Kier alpha value is -0.370. The average molecular weight is 186 g/mol. The molecule has 0 spiro atoms. The molecule has 1 atom stereocenters. The molecule has 1 unspecified atom stereocenters. The van der Waals surface area contributed by atoms with Gasteiger partial charge in [-0.25, -0.2) is 0 Å². The van der Waals surface area contributed by atoms with Crippen LogP contribution < -0.4 is 0 Å². The van der Waals surface area contributed by atoms with Crippen LogP contribution in [0.1, 0.15) is 47.0 Å². The molecule has 1 aliphatic carbocycles. The predicted octanol–water partition coefficient (Wildman–Crippen LogP) is 2.40. The number of carbonyl (C=O) groups is 1. The summed E-state index contributed by atoms with van der Waals surface area (Å²) in [5, 5.41) is 8.33. The molecular weight excluding hydrogens is 164 g/mol. The molecule has 0 heterocycles. The smallest absolute Gasteiger partial charge is 0.138 e. The van der Waals surface area contributed by atoms with Gasteiger partial charge in [-0.05, 0) is 12.3 Å². The van der Waals surface area contributed by atoms with E-state index >= 15 is 0 Å². The number of aliphatic hydroxyl groups excluding tert-OH is 1. The van der Waals surface area contributed by atoms with Crippen molar-refractivity contribution in [2.75, 3.05) is 6.61 Å². The highest BCUT2D eigenvalue weighted by atomic mass is 16.3. The van der Waals surface area contributed by atoms with Crippen molar-refractivity contribution in [2.45, 2.75) is 47.0 Å². The molecule has 0 radical (unpaired) electrons. The lowest BCUT2D eigenvalue weighted by Crippen LogP contribution is -2.34. The van der Waals surface area contributed by atoms with E-state index in [9.17, 15) is 4.79 Å². The monoisotopic (exact) mass is 186 g/mol. The minimum absolute atomic E-state index is 0.0417. The van der Waals surface area contributed by atoms with Crippen LogP contribution in [-0.2, 0) is 4.79 Å². The molecule has 0 aliphatic heterocycles. The number of carbonyl (C=O) groups excluding carboxylic acids is 1. The van der Waals surface area contributed by atoms with Gasteiger partial charge in [0.15, 0.2) is 0 Å². The summed E-state index contributed by atoms with van der Waals surface area (Å²) in [6.07, 6.45) is 2.98. The Morgan fingerprint density at radius 1 is 1.54 bits per heavy atom. The lowest BCUT2D eigenvalue weighted by Gasteiger charge is -2.31. The number of aliphatic hydroxyl groups is 1. The number of hydrogen-bond acceptors (Lipinski definition) is 2. The molecule has 1 N–H and O–H groups in total. The van der Waals surface area contributed by atoms with Gasteiger partial charge in [0.1, 0.15) is 5.78 Å². The van der Waals surface area contributed by atoms with Gasteiger partial charge in [-0.2, -0.15) is 0 Å². The normalized spacial score (nSPS) is 21.2. The van der Waals surface area contributed by atoms with Crippen LogP contribution in [0, 0.1) is 11.3 Å². The Kier molecular flexibility index (Phi) is 5.23. The SMILES string of the molecule is CC1(C)CCC1=O.CCC(C)CO. The van der Waals surface area contributed by atoms with E-state index in [-0.39, 0.29) is 5.41 Å². The molecule has 13 heavy (non-hydrogen) atoms. The second kappa shape index (κ2) is 5.38. The van der Waals surface area contributed by atoms with E-state index in [0.29, 0.717) is 18.3 Å². The summed E-state index contributed by atoms with van der Waals surface area (Å²) in [5.74, 6) is 0.914. The number of rotatable bonds is 2. The van der Waals surface area contributed by atoms with Crippen molar-refractivity contribution in [1.82, 2.24) is 0 Å². The van der Waals surface area contributed by atoms with Crippen LogP contribution >= 0.6 is 0 Å². The minimum atomic E-state index is 0.0417. The van der Waals surface area contributed by atoms with Gasteiger partial charge in [-0.15, -0.1) is 0 Å². The molecule has 0 aromatic heterocycles. The standard InChI is InChI=1S/C6H10O.C5H12O/c1-6(2)4-3-5(6)7;1-3-5(2)4-6/h3-4H2,1-2H3;5-6H,3-4H2,1-2H3. The Labute approximate surface area is 81.3 Å². The van der Waals surface area contributed by atoms with Crippen molar-refractivity contribution >= 4 is 5.78 Å². The summed E-state index contributed by atoms with van der Waals surface area (Å²) >= 11 is 0. The summed E-state index contributed by atoms with van der Waals surface area (Å²) < 4.78 is 0. The highest BCUT2D eigenvalue weighted by molar-refractivity contribution is 5.89. The van der Waals surface area contributed by atoms with E-state index in [0.717, 1.165) is 19.3 Å². The van der Waals surface area contributed by atoms with Crippen molar-refractivity contribution in [1.29, 1.82) is 0 Å². The van der Waals surface area contributed by atoms with Crippen molar-refractivity contribution < 1.29 is 9.90 Å². The Morgan fingerprint density at radius 2 is 2.00 bits per heavy atom. The predicted molar refractivity (Wildman–Crippen MR) is 54.6 cm³/mol. The molecule has 0 amide bonds. The summed E-state index contributed by atoms with van der Waals surface area (Å²) in [6.45, 7) is 8.43. The van der Waals surface area contributed by atoms with Crippen LogP contribution in [-0.4, -0.2) is 17.5 Å². The molecule has 1 aliphatic rings. The van der Waals surface area contributed by atoms with Gasteiger partial charge in [0.25, 0.3) is 0 Å². The summed E-state index contributed by atoms with van der Waals surface area (Å²) in [6, 6.07) is 0. The first-order valence-corrected chi connectivity index (χ1v) is 5.08. The van der Waals surface area contributed by atoms with E-state index in [4.69, 9.17) is 5.11 Å².